The van der Waals surface area contributed by atoms with Crippen LogP contribution in [0.5, 0.6) is 5.75 Å². The largest absolute Gasteiger partial charge is 0.507 e. The summed E-state index contributed by atoms with van der Waals surface area (Å²) in [6.45, 7) is 5.89. The van der Waals surface area contributed by atoms with Crippen LogP contribution < -0.4 is 4.72 Å². The summed E-state index contributed by atoms with van der Waals surface area (Å²) in [5.41, 5.74) is 4.76. The van der Waals surface area contributed by atoms with Crippen LogP contribution in [0, 0.1) is 20.8 Å². The van der Waals surface area contributed by atoms with Gasteiger partial charge in [0.1, 0.15) is 5.75 Å². The zero-order valence-electron chi connectivity index (χ0n) is 15.0. The molecule has 3 rings (SSSR count). The Hall–Kier alpha value is -2.05. The van der Waals surface area contributed by atoms with Gasteiger partial charge in [-0.25, -0.2) is 8.42 Å². The Morgan fingerprint density at radius 2 is 1.62 bits per heavy atom. The molecule has 4 nitrogen and oxygen atoms in total. The van der Waals surface area contributed by atoms with Crippen LogP contribution in [-0.4, -0.2) is 19.8 Å². The number of phenolic OH excluding ortho intramolecular Hbond substituents is 1. The lowest BCUT2D eigenvalue weighted by atomic mass is 9.89. The van der Waals surface area contributed by atoms with Crippen molar-refractivity contribution >= 4 is 42.4 Å². The number of halogens is 1. The van der Waals surface area contributed by atoms with E-state index in [0.717, 1.165) is 38.2 Å². The van der Waals surface area contributed by atoms with Gasteiger partial charge in [-0.15, -0.1) is 0 Å². The molecule has 3 aromatic rings. The summed E-state index contributed by atoms with van der Waals surface area (Å²) in [7, 11) is -3.47. The van der Waals surface area contributed by atoms with Gasteiger partial charge in [0.15, 0.2) is 0 Å². The summed E-state index contributed by atoms with van der Waals surface area (Å²) in [5, 5.41) is 12.5. The molecule has 0 aliphatic heterocycles. The van der Waals surface area contributed by atoms with Gasteiger partial charge < -0.3 is 5.11 Å². The zero-order chi connectivity index (χ0) is 19.2. The second-order valence-corrected chi connectivity index (χ2v) is 9.23. The van der Waals surface area contributed by atoms with Gasteiger partial charge in [0.05, 0.1) is 11.9 Å². The first kappa shape index (κ1) is 18.7. The van der Waals surface area contributed by atoms with Crippen molar-refractivity contribution in [2.75, 3.05) is 11.0 Å². The minimum absolute atomic E-state index is 0.110. The molecule has 0 saturated heterocycles. The minimum Gasteiger partial charge on any atom is -0.507 e. The maximum atomic E-state index is 11.9. The molecule has 2 N–H and O–H groups in total. The first-order valence-corrected chi connectivity index (χ1v) is 10.8. The topological polar surface area (TPSA) is 66.4 Å². The summed E-state index contributed by atoms with van der Waals surface area (Å²) in [6.07, 6.45) is 1.13. The molecule has 0 amide bonds. The van der Waals surface area contributed by atoms with Crippen LogP contribution in [0.3, 0.4) is 0 Å². The number of nitrogens with one attached hydrogen (secondary N) is 1. The third-order valence-corrected chi connectivity index (χ3v) is 5.75. The number of phenols is 1. The van der Waals surface area contributed by atoms with Gasteiger partial charge in [-0.1, -0.05) is 28.1 Å². The first-order chi connectivity index (χ1) is 12.1. The second kappa shape index (κ2) is 6.59. The quantitative estimate of drug-likeness (QED) is 0.590. The molecule has 0 fully saturated rings. The van der Waals surface area contributed by atoms with Gasteiger partial charge >= 0.3 is 0 Å². The van der Waals surface area contributed by atoms with E-state index in [1.807, 2.05) is 51.1 Å². The van der Waals surface area contributed by atoms with Crippen molar-refractivity contribution in [2.45, 2.75) is 20.8 Å². The molecule has 6 heteroatoms. The van der Waals surface area contributed by atoms with Gasteiger partial charge in [-0.3, -0.25) is 4.72 Å². The summed E-state index contributed by atoms with van der Waals surface area (Å²) in [4.78, 5) is 0. The highest BCUT2D eigenvalue weighted by molar-refractivity contribution is 9.10. The molecule has 0 aromatic heterocycles. The Morgan fingerprint density at radius 1 is 0.962 bits per heavy atom. The molecule has 0 aliphatic carbocycles. The summed E-state index contributed by atoms with van der Waals surface area (Å²) >= 11 is 3.48. The number of sulfonamides is 1. The van der Waals surface area contributed by atoms with E-state index in [-0.39, 0.29) is 5.75 Å². The van der Waals surface area contributed by atoms with E-state index < -0.39 is 10.0 Å². The second-order valence-electron chi connectivity index (χ2n) is 6.57. The van der Waals surface area contributed by atoms with Gasteiger partial charge in [0, 0.05) is 15.6 Å². The Morgan fingerprint density at radius 3 is 2.27 bits per heavy atom. The highest BCUT2D eigenvalue weighted by atomic mass is 79.9. The predicted molar refractivity (Wildman–Crippen MR) is 111 cm³/mol. The Bertz CT molecular complexity index is 1130. The highest BCUT2D eigenvalue weighted by Crippen LogP contribution is 2.44. The number of hydrogen-bond donors (Lipinski definition) is 2. The molecule has 0 saturated carbocycles. The fourth-order valence-corrected chi connectivity index (χ4v) is 4.15. The average molecular weight is 434 g/mol. The fourth-order valence-electron chi connectivity index (χ4n) is 3.23. The zero-order valence-corrected chi connectivity index (χ0v) is 17.4. The van der Waals surface area contributed by atoms with Crippen molar-refractivity contribution in [1.82, 2.24) is 0 Å². The normalized spacial score (nSPS) is 11.7. The molecular weight excluding hydrogens is 414 g/mol. The fraction of sp³-hybridized carbons (Fsp3) is 0.200. The average Bonchev–Trinajstić information content (AvgIpc) is 2.53. The van der Waals surface area contributed by atoms with E-state index in [9.17, 15) is 13.5 Å². The van der Waals surface area contributed by atoms with E-state index in [1.54, 1.807) is 6.07 Å². The van der Waals surface area contributed by atoms with Crippen LogP contribution in [0.15, 0.2) is 40.9 Å². The lowest BCUT2D eigenvalue weighted by Crippen LogP contribution is -2.12. The molecule has 136 valence electrons. The summed E-state index contributed by atoms with van der Waals surface area (Å²) < 4.78 is 27.3. The van der Waals surface area contributed by atoms with E-state index >= 15 is 0 Å². The molecule has 3 aromatic carbocycles. The lowest BCUT2D eigenvalue weighted by Gasteiger charge is -2.20. The maximum Gasteiger partial charge on any atom is 0.229 e. The minimum atomic E-state index is -3.47. The van der Waals surface area contributed by atoms with Crippen LogP contribution >= 0.6 is 15.9 Å². The number of hydrogen-bond acceptors (Lipinski definition) is 3. The number of rotatable bonds is 3. The summed E-state index contributed by atoms with van der Waals surface area (Å²) in [5.74, 6) is 0.110. The van der Waals surface area contributed by atoms with Gasteiger partial charge in [-0.2, -0.15) is 0 Å². The van der Waals surface area contributed by atoms with E-state index in [1.165, 1.54) is 0 Å². The van der Waals surface area contributed by atoms with E-state index in [4.69, 9.17) is 0 Å². The van der Waals surface area contributed by atoms with E-state index in [2.05, 4.69) is 20.7 Å². The first-order valence-electron chi connectivity index (χ1n) is 8.08. The Kier molecular flexibility index (Phi) is 4.75. The Labute approximate surface area is 162 Å². The van der Waals surface area contributed by atoms with Gasteiger partial charge in [0.25, 0.3) is 0 Å². The molecule has 26 heavy (non-hydrogen) atoms. The molecule has 0 atom stereocenters. The van der Waals surface area contributed by atoms with Crippen LogP contribution in [0.25, 0.3) is 21.9 Å². The maximum absolute atomic E-state index is 11.9. The number of aromatic hydroxyl groups is 1. The van der Waals surface area contributed by atoms with Crippen molar-refractivity contribution in [3.8, 4) is 16.9 Å². The van der Waals surface area contributed by atoms with Gasteiger partial charge in [0.2, 0.25) is 10.0 Å². The monoisotopic (exact) mass is 433 g/mol. The summed E-state index contributed by atoms with van der Waals surface area (Å²) in [6, 6.07) is 11.1. The van der Waals surface area contributed by atoms with Crippen molar-refractivity contribution < 1.29 is 13.5 Å². The predicted octanol–water partition coefficient (Wildman–Crippen LogP) is 5.27. The SMILES string of the molecule is Cc1cc(NS(C)(=O)=O)c(-c2c(O)ccc3ccc(Br)cc23)c(C)c1C. The molecule has 0 aliphatic rings. The molecular formula is C20H20BrNO3S. The third kappa shape index (κ3) is 3.44. The molecule has 0 spiro atoms. The van der Waals surface area contributed by atoms with Crippen molar-refractivity contribution in [1.29, 1.82) is 0 Å². The molecule has 0 radical (unpaired) electrons. The number of fused-ring (bicyclic) bond motifs is 1. The third-order valence-electron chi connectivity index (χ3n) is 4.67. The van der Waals surface area contributed by atoms with Crippen LogP contribution in [0.1, 0.15) is 16.7 Å². The number of benzene rings is 3. The number of anilines is 1. The molecule has 0 bridgehead atoms. The van der Waals surface area contributed by atoms with Crippen LogP contribution in [0.2, 0.25) is 0 Å². The number of aryl methyl sites for hydroxylation is 1. The van der Waals surface area contributed by atoms with E-state index in [0.29, 0.717) is 16.8 Å². The lowest BCUT2D eigenvalue weighted by molar-refractivity contribution is 0.478. The highest BCUT2D eigenvalue weighted by Gasteiger charge is 2.20. The Balaban J connectivity index is 2.48. The van der Waals surface area contributed by atoms with Gasteiger partial charge in [-0.05, 0) is 72.5 Å². The smallest absolute Gasteiger partial charge is 0.229 e. The van der Waals surface area contributed by atoms with Crippen molar-refractivity contribution in [2.24, 2.45) is 0 Å². The molecule has 0 heterocycles. The molecule has 0 unspecified atom stereocenters. The van der Waals surface area contributed by atoms with Crippen molar-refractivity contribution in [3.63, 3.8) is 0 Å². The van der Waals surface area contributed by atoms with Crippen LogP contribution in [-0.2, 0) is 10.0 Å². The van der Waals surface area contributed by atoms with Crippen LogP contribution in [0.4, 0.5) is 5.69 Å². The standard InChI is InChI=1S/C20H20BrNO3S/c1-11-9-17(22-26(4,24)25)19(13(3)12(11)2)20-16-10-15(21)7-5-14(16)6-8-18(20)23/h5-10,22-23H,1-4H3. The van der Waals surface area contributed by atoms with Crippen molar-refractivity contribution in [3.05, 3.63) is 57.6 Å².